The number of hydrogen-bond donors (Lipinski definition) is 1. The summed E-state index contributed by atoms with van der Waals surface area (Å²) in [4.78, 5) is 27.4. The van der Waals surface area contributed by atoms with Crippen molar-refractivity contribution in [3.05, 3.63) is 53.6 Å². The monoisotopic (exact) mass is 476 g/mol. The second kappa shape index (κ2) is 10.9. The molecule has 0 aromatic heterocycles. The van der Waals surface area contributed by atoms with E-state index in [1.165, 1.54) is 48.2 Å². The second-order valence-electron chi connectivity index (χ2n) is 7.53. The fourth-order valence-corrected chi connectivity index (χ4v) is 5.05. The quantitative estimate of drug-likeness (QED) is 0.328. The highest BCUT2D eigenvalue weighted by molar-refractivity contribution is 7.98. The van der Waals surface area contributed by atoms with Crippen LogP contribution in [0.25, 0.3) is 0 Å². The van der Waals surface area contributed by atoms with Gasteiger partial charge in [0.25, 0.3) is 15.9 Å². The van der Waals surface area contributed by atoms with Crippen molar-refractivity contribution in [3.8, 4) is 0 Å². The van der Waals surface area contributed by atoms with Crippen LogP contribution in [0.15, 0.2) is 52.3 Å². The summed E-state index contributed by atoms with van der Waals surface area (Å²) < 4.78 is 33.6. The summed E-state index contributed by atoms with van der Waals surface area (Å²) in [5.74, 6) is -0.583. The van der Waals surface area contributed by atoms with Crippen LogP contribution in [-0.4, -0.2) is 51.1 Å². The fraction of sp³-hybridized carbons (Fsp3) is 0.391. The molecule has 0 radical (unpaired) electrons. The first-order chi connectivity index (χ1) is 15.4. The Morgan fingerprint density at radius 3 is 2.41 bits per heavy atom. The van der Waals surface area contributed by atoms with Crippen molar-refractivity contribution in [3.63, 3.8) is 0 Å². The number of nitrogens with zero attached hydrogens (tertiary/aromatic N) is 1. The maximum Gasteiger partial charge on any atom is 0.338 e. The van der Waals surface area contributed by atoms with Crippen LogP contribution in [0.4, 0.5) is 5.69 Å². The number of esters is 1. The lowest BCUT2D eigenvalue weighted by atomic mass is 10.2. The Kier molecular flexibility index (Phi) is 8.20. The minimum absolute atomic E-state index is 0.0147. The molecular weight excluding hydrogens is 448 g/mol. The van der Waals surface area contributed by atoms with Crippen molar-refractivity contribution in [2.45, 2.75) is 42.4 Å². The highest BCUT2D eigenvalue weighted by Gasteiger charge is 2.24. The molecule has 9 heteroatoms. The van der Waals surface area contributed by atoms with Crippen LogP contribution in [-0.2, 0) is 14.8 Å². The number of rotatable bonds is 9. The van der Waals surface area contributed by atoms with Gasteiger partial charge < -0.3 is 9.64 Å². The Bertz CT molecular complexity index is 1060. The highest BCUT2D eigenvalue weighted by atomic mass is 32.2. The van der Waals surface area contributed by atoms with Gasteiger partial charge in [-0.15, -0.1) is 11.8 Å². The average molecular weight is 477 g/mol. The van der Waals surface area contributed by atoms with Gasteiger partial charge in [0.15, 0.2) is 0 Å². The number of nitrogens with one attached hydrogen (secondary N) is 1. The van der Waals surface area contributed by atoms with Gasteiger partial charge in [-0.05, 0) is 68.0 Å². The first kappa shape index (κ1) is 24.1. The van der Waals surface area contributed by atoms with Gasteiger partial charge in [-0.3, -0.25) is 9.52 Å². The Hall–Kier alpha value is -2.52. The van der Waals surface area contributed by atoms with Crippen LogP contribution in [0, 0.1) is 0 Å². The van der Waals surface area contributed by atoms with Crippen LogP contribution in [0.3, 0.4) is 0 Å². The van der Waals surface area contributed by atoms with Crippen LogP contribution >= 0.6 is 11.8 Å². The smallest absolute Gasteiger partial charge is 0.338 e. The molecule has 0 spiro atoms. The molecule has 1 aliphatic heterocycles. The summed E-state index contributed by atoms with van der Waals surface area (Å²) in [6.07, 6.45) is 5.50. The van der Waals surface area contributed by atoms with Gasteiger partial charge in [0, 0.05) is 23.7 Å². The molecule has 0 bridgehead atoms. The number of unbranched alkanes of at least 4 members (excludes halogenated alkanes) is 1. The number of benzene rings is 2. The third-order valence-electron chi connectivity index (χ3n) is 5.21. The second-order valence-corrected chi connectivity index (χ2v) is 10.1. The Balaban J connectivity index is 1.77. The molecular formula is C23H28N2O5S2. The van der Waals surface area contributed by atoms with Gasteiger partial charge in [-0.2, -0.15) is 0 Å². The summed E-state index contributed by atoms with van der Waals surface area (Å²) in [5.41, 5.74) is 1.07. The first-order valence-corrected chi connectivity index (χ1v) is 13.3. The zero-order valence-electron chi connectivity index (χ0n) is 18.3. The Morgan fingerprint density at radius 1 is 1.09 bits per heavy atom. The number of likely N-dealkylation sites (tertiary alicyclic amines) is 1. The highest BCUT2D eigenvalue weighted by Crippen LogP contribution is 2.27. The third kappa shape index (κ3) is 5.83. The maximum absolute atomic E-state index is 13.0. The van der Waals surface area contributed by atoms with Crippen molar-refractivity contribution in [2.75, 3.05) is 30.7 Å². The lowest BCUT2D eigenvalue weighted by Crippen LogP contribution is -2.28. The molecule has 172 valence electrons. The van der Waals surface area contributed by atoms with Crippen molar-refractivity contribution in [1.82, 2.24) is 4.90 Å². The molecule has 0 aliphatic carbocycles. The lowest BCUT2D eigenvalue weighted by molar-refractivity contribution is 0.0499. The molecule has 3 rings (SSSR count). The van der Waals surface area contributed by atoms with E-state index < -0.39 is 16.0 Å². The Morgan fingerprint density at radius 2 is 1.78 bits per heavy atom. The largest absolute Gasteiger partial charge is 0.462 e. The summed E-state index contributed by atoms with van der Waals surface area (Å²) >= 11 is 1.41. The molecule has 1 heterocycles. The number of carbonyl (C=O) groups is 2. The number of ether oxygens (including phenoxy) is 1. The van der Waals surface area contributed by atoms with E-state index >= 15 is 0 Å². The maximum atomic E-state index is 13.0. The number of thioether (sulfide) groups is 1. The number of hydrogen-bond acceptors (Lipinski definition) is 6. The minimum Gasteiger partial charge on any atom is -0.462 e. The molecule has 32 heavy (non-hydrogen) atoms. The van der Waals surface area contributed by atoms with E-state index in [0.717, 1.165) is 30.6 Å². The van der Waals surface area contributed by atoms with E-state index in [0.29, 0.717) is 36.5 Å². The molecule has 2 aromatic carbocycles. The fourth-order valence-electron chi connectivity index (χ4n) is 3.39. The third-order valence-corrected chi connectivity index (χ3v) is 7.38. The summed E-state index contributed by atoms with van der Waals surface area (Å²) in [6.45, 7) is 3.74. The van der Waals surface area contributed by atoms with E-state index in [1.54, 1.807) is 11.0 Å². The first-order valence-electron chi connectivity index (χ1n) is 10.6. The van der Waals surface area contributed by atoms with Crippen molar-refractivity contribution < 1.29 is 22.7 Å². The van der Waals surface area contributed by atoms with Gasteiger partial charge >= 0.3 is 5.97 Å². The van der Waals surface area contributed by atoms with E-state index in [-0.39, 0.29) is 10.8 Å². The van der Waals surface area contributed by atoms with Gasteiger partial charge in [0.05, 0.1) is 22.6 Å². The summed E-state index contributed by atoms with van der Waals surface area (Å²) in [7, 11) is -3.91. The zero-order chi connectivity index (χ0) is 23.1. The van der Waals surface area contributed by atoms with Crippen molar-refractivity contribution in [1.29, 1.82) is 0 Å². The topological polar surface area (TPSA) is 92.8 Å². The zero-order valence-corrected chi connectivity index (χ0v) is 19.9. The van der Waals surface area contributed by atoms with Crippen molar-refractivity contribution >= 4 is 39.3 Å². The molecule has 7 nitrogen and oxygen atoms in total. The number of carbonyl (C=O) groups excluding carboxylic acids is 2. The predicted octanol–water partition coefficient (Wildman–Crippen LogP) is 4.40. The van der Waals surface area contributed by atoms with Gasteiger partial charge in [0.1, 0.15) is 0 Å². The SMILES string of the molecule is CCCCOC(=O)c1ccc(NS(=O)(=O)c2ccc(SC)c(C(=O)N3CCCC3)c2)cc1. The number of sulfonamides is 1. The molecule has 1 fully saturated rings. The van der Waals surface area contributed by atoms with E-state index in [9.17, 15) is 18.0 Å². The van der Waals surface area contributed by atoms with Gasteiger partial charge in [-0.25, -0.2) is 13.2 Å². The van der Waals surface area contributed by atoms with Crippen molar-refractivity contribution in [2.24, 2.45) is 0 Å². The molecule has 1 aliphatic rings. The number of amides is 1. The standard InChI is InChI=1S/C23H28N2O5S2/c1-3-4-15-30-23(27)17-7-9-18(10-8-17)24-32(28,29)19-11-12-21(31-2)20(16-19)22(26)25-13-5-6-14-25/h7-12,16,24H,3-6,13-15H2,1-2H3. The van der Waals surface area contributed by atoms with E-state index in [4.69, 9.17) is 4.74 Å². The Labute approximate surface area is 193 Å². The van der Waals surface area contributed by atoms with E-state index in [2.05, 4.69) is 4.72 Å². The molecule has 0 unspecified atom stereocenters. The van der Waals surface area contributed by atoms with Crippen LogP contribution in [0.5, 0.6) is 0 Å². The van der Waals surface area contributed by atoms with Gasteiger partial charge in [-0.1, -0.05) is 13.3 Å². The van der Waals surface area contributed by atoms with Crippen LogP contribution in [0.2, 0.25) is 0 Å². The molecule has 0 saturated carbocycles. The molecule has 1 amide bonds. The molecule has 1 saturated heterocycles. The molecule has 1 N–H and O–H groups in total. The number of anilines is 1. The van der Waals surface area contributed by atoms with Gasteiger partial charge in [0.2, 0.25) is 0 Å². The normalized spacial score (nSPS) is 13.8. The molecule has 0 atom stereocenters. The molecule has 2 aromatic rings. The average Bonchev–Trinajstić information content (AvgIpc) is 3.33. The predicted molar refractivity (Wildman–Crippen MR) is 126 cm³/mol. The lowest BCUT2D eigenvalue weighted by Gasteiger charge is -2.18. The van der Waals surface area contributed by atoms with Crippen LogP contribution in [0.1, 0.15) is 53.3 Å². The summed E-state index contributed by atoms with van der Waals surface area (Å²) in [5, 5.41) is 0. The minimum atomic E-state index is -3.91. The van der Waals surface area contributed by atoms with Crippen LogP contribution < -0.4 is 4.72 Å². The van der Waals surface area contributed by atoms with E-state index in [1.807, 2.05) is 13.2 Å². The summed E-state index contributed by atoms with van der Waals surface area (Å²) in [6, 6.07) is 10.7.